The maximum absolute atomic E-state index is 11.6. The predicted molar refractivity (Wildman–Crippen MR) is 65.2 cm³/mol. The molecule has 18 heavy (non-hydrogen) atoms. The fourth-order valence-electron chi connectivity index (χ4n) is 1.45. The van der Waals surface area contributed by atoms with Crippen LogP contribution in [0.2, 0.25) is 0 Å². The highest BCUT2D eigenvalue weighted by Gasteiger charge is 2.26. The van der Waals surface area contributed by atoms with Crippen LogP contribution >= 0.6 is 0 Å². The zero-order chi connectivity index (χ0) is 13.7. The van der Waals surface area contributed by atoms with Gasteiger partial charge in [0.1, 0.15) is 17.9 Å². The molecule has 1 heterocycles. The minimum Gasteiger partial charge on any atom is -0.467 e. The number of nitrogens with zero attached hydrogens (tertiary/aromatic N) is 2. The minimum atomic E-state index is -0.655. The number of nitrogens with one attached hydrogen (secondary N) is 1. The zero-order valence-corrected chi connectivity index (χ0v) is 10.4. The first-order chi connectivity index (χ1) is 8.47. The lowest BCUT2D eigenvalue weighted by Crippen LogP contribution is -2.35. The van der Waals surface area contributed by atoms with E-state index in [2.05, 4.69) is 15.0 Å². The molecule has 0 aliphatic carbocycles. The van der Waals surface area contributed by atoms with E-state index in [0.29, 0.717) is 0 Å². The zero-order valence-electron chi connectivity index (χ0n) is 10.4. The Morgan fingerprint density at radius 3 is 2.72 bits per heavy atom. The van der Waals surface area contributed by atoms with Crippen molar-refractivity contribution < 1.29 is 14.5 Å². The van der Waals surface area contributed by atoms with Gasteiger partial charge in [-0.15, -0.1) is 0 Å². The van der Waals surface area contributed by atoms with Gasteiger partial charge in [0.05, 0.1) is 7.11 Å². The van der Waals surface area contributed by atoms with Crippen LogP contribution in [0.15, 0.2) is 18.3 Å². The van der Waals surface area contributed by atoms with Crippen molar-refractivity contribution in [1.82, 2.24) is 4.98 Å². The molecule has 0 fully saturated rings. The number of aromatic nitrogens is 1. The second-order valence-electron chi connectivity index (χ2n) is 4.02. The topological polar surface area (TPSA) is 94.4 Å². The molecular weight excluding hydrogens is 238 g/mol. The number of anilines is 1. The highest BCUT2D eigenvalue weighted by Crippen LogP contribution is 2.22. The van der Waals surface area contributed by atoms with Crippen LogP contribution in [-0.4, -0.2) is 29.0 Å². The molecule has 7 heteroatoms. The number of hydrogen-bond acceptors (Lipinski definition) is 6. The van der Waals surface area contributed by atoms with E-state index in [-0.39, 0.29) is 17.4 Å². The molecule has 0 aliphatic rings. The summed E-state index contributed by atoms with van der Waals surface area (Å²) in [4.78, 5) is 25.4. The normalized spacial score (nSPS) is 12.0. The summed E-state index contributed by atoms with van der Waals surface area (Å²) in [7, 11) is 1.27. The maximum atomic E-state index is 11.6. The highest BCUT2D eigenvalue weighted by atomic mass is 16.6. The van der Waals surface area contributed by atoms with Gasteiger partial charge in [0.25, 0.3) is 0 Å². The van der Waals surface area contributed by atoms with Crippen molar-refractivity contribution in [3.8, 4) is 0 Å². The summed E-state index contributed by atoms with van der Waals surface area (Å²) in [5, 5.41) is 13.6. The Kier molecular flexibility index (Phi) is 4.59. The molecule has 1 N–H and O–H groups in total. The van der Waals surface area contributed by atoms with E-state index in [1.165, 1.54) is 19.4 Å². The number of esters is 1. The summed E-state index contributed by atoms with van der Waals surface area (Å²) < 4.78 is 4.65. The van der Waals surface area contributed by atoms with Crippen molar-refractivity contribution in [2.24, 2.45) is 5.92 Å². The molecule has 0 saturated carbocycles. The van der Waals surface area contributed by atoms with Crippen LogP contribution in [-0.2, 0) is 9.53 Å². The third-order valence-corrected chi connectivity index (χ3v) is 2.39. The quantitative estimate of drug-likeness (QED) is 0.486. The van der Waals surface area contributed by atoms with Crippen LogP contribution in [0.5, 0.6) is 0 Å². The summed E-state index contributed by atoms with van der Waals surface area (Å²) in [5.74, 6) is -0.854. The molecule has 0 saturated heterocycles. The number of carbonyl (C=O) groups is 1. The molecule has 1 aromatic rings. The lowest BCUT2D eigenvalue weighted by molar-refractivity contribution is -0.388. The Balaban J connectivity index is 3.01. The second kappa shape index (κ2) is 5.95. The second-order valence-corrected chi connectivity index (χ2v) is 4.02. The maximum Gasteiger partial charge on any atom is 0.386 e. The molecule has 0 bridgehead atoms. The van der Waals surface area contributed by atoms with Crippen LogP contribution < -0.4 is 5.32 Å². The number of nitro groups is 1. The van der Waals surface area contributed by atoms with Crippen molar-refractivity contribution >= 4 is 17.5 Å². The van der Waals surface area contributed by atoms with Crippen LogP contribution in [0.25, 0.3) is 0 Å². The molecule has 0 aliphatic heterocycles. The van der Waals surface area contributed by atoms with Gasteiger partial charge in [-0.3, -0.25) is 0 Å². The van der Waals surface area contributed by atoms with Gasteiger partial charge in [-0.1, -0.05) is 13.8 Å². The first-order valence-corrected chi connectivity index (χ1v) is 5.41. The minimum absolute atomic E-state index is 0.0720. The van der Waals surface area contributed by atoms with Crippen LogP contribution in [0.1, 0.15) is 13.8 Å². The molecule has 0 radical (unpaired) electrons. The predicted octanol–water partition coefficient (Wildman–Crippen LogP) is 1.60. The van der Waals surface area contributed by atoms with E-state index in [1.807, 2.05) is 13.8 Å². The largest absolute Gasteiger partial charge is 0.467 e. The van der Waals surface area contributed by atoms with Gasteiger partial charge in [-0.2, -0.15) is 0 Å². The average molecular weight is 253 g/mol. The van der Waals surface area contributed by atoms with Crippen LogP contribution in [0, 0.1) is 16.0 Å². The van der Waals surface area contributed by atoms with Crippen molar-refractivity contribution in [1.29, 1.82) is 0 Å². The van der Waals surface area contributed by atoms with Crippen molar-refractivity contribution in [3.63, 3.8) is 0 Å². The SMILES string of the molecule is COC(=O)C(Nc1cccnc1[N+](=O)[O-])C(C)C. The smallest absolute Gasteiger partial charge is 0.386 e. The number of pyridine rings is 1. The van der Waals surface area contributed by atoms with E-state index in [1.54, 1.807) is 6.07 Å². The summed E-state index contributed by atoms with van der Waals surface area (Å²) in [5.41, 5.74) is 0.201. The molecule has 1 unspecified atom stereocenters. The number of ether oxygens (including phenoxy) is 1. The van der Waals surface area contributed by atoms with Gasteiger partial charge in [0.15, 0.2) is 0 Å². The van der Waals surface area contributed by atoms with Crippen molar-refractivity contribution in [2.45, 2.75) is 19.9 Å². The number of hydrogen-bond donors (Lipinski definition) is 1. The van der Waals surface area contributed by atoms with Crippen molar-refractivity contribution in [3.05, 3.63) is 28.4 Å². The molecule has 0 amide bonds. The Labute approximate surface area is 104 Å². The molecule has 7 nitrogen and oxygen atoms in total. The molecule has 0 spiro atoms. The van der Waals surface area contributed by atoms with E-state index in [4.69, 9.17) is 0 Å². The van der Waals surface area contributed by atoms with Crippen LogP contribution in [0.4, 0.5) is 11.5 Å². The van der Waals surface area contributed by atoms with Gasteiger partial charge in [0, 0.05) is 0 Å². The third-order valence-electron chi connectivity index (χ3n) is 2.39. The van der Waals surface area contributed by atoms with Gasteiger partial charge in [-0.05, 0) is 28.0 Å². The van der Waals surface area contributed by atoms with Gasteiger partial charge >= 0.3 is 11.8 Å². The lowest BCUT2D eigenvalue weighted by atomic mass is 10.0. The Hall–Kier alpha value is -2.18. The molecule has 0 aromatic carbocycles. The molecule has 1 atom stereocenters. The van der Waals surface area contributed by atoms with E-state index in [9.17, 15) is 14.9 Å². The van der Waals surface area contributed by atoms with E-state index >= 15 is 0 Å². The van der Waals surface area contributed by atoms with E-state index < -0.39 is 16.9 Å². The number of methoxy groups -OCH3 is 1. The van der Waals surface area contributed by atoms with Gasteiger partial charge in [0.2, 0.25) is 0 Å². The van der Waals surface area contributed by atoms with Crippen molar-refractivity contribution in [2.75, 3.05) is 12.4 Å². The molecule has 98 valence electrons. The Bertz CT molecular complexity index is 448. The summed E-state index contributed by atoms with van der Waals surface area (Å²) in [6, 6.07) is 2.41. The summed E-state index contributed by atoms with van der Waals surface area (Å²) in [6.07, 6.45) is 1.33. The fourth-order valence-corrected chi connectivity index (χ4v) is 1.45. The Morgan fingerprint density at radius 2 is 2.22 bits per heavy atom. The first-order valence-electron chi connectivity index (χ1n) is 5.41. The highest BCUT2D eigenvalue weighted by molar-refractivity contribution is 5.80. The average Bonchev–Trinajstić information content (AvgIpc) is 2.34. The molecule has 1 aromatic heterocycles. The van der Waals surface area contributed by atoms with E-state index in [0.717, 1.165) is 0 Å². The standard InChI is InChI=1S/C11H15N3O4/c1-7(2)9(11(15)18-3)13-8-5-4-6-12-10(8)14(16)17/h4-7,9,13H,1-3H3. The molecular formula is C11H15N3O4. The summed E-state index contributed by atoms with van der Waals surface area (Å²) in [6.45, 7) is 3.63. The summed E-state index contributed by atoms with van der Waals surface area (Å²) >= 11 is 0. The number of carbonyl (C=O) groups excluding carboxylic acids is 1. The first kappa shape index (κ1) is 13.9. The molecule has 1 rings (SSSR count). The van der Waals surface area contributed by atoms with Crippen LogP contribution in [0.3, 0.4) is 0 Å². The Morgan fingerprint density at radius 1 is 1.56 bits per heavy atom. The van der Waals surface area contributed by atoms with Gasteiger partial charge in [-0.25, -0.2) is 4.79 Å². The lowest BCUT2D eigenvalue weighted by Gasteiger charge is -2.20. The monoisotopic (exact) mass is 253 g/mol. The number of rotatable bonds is 5. The fraction of sp³-hybridized carbons (Fsp3) is 0.455. The van der Waals surface area contributed by atoms with Gasteiger partial charge < -0.3 is 20.2 Å². The third kappa shape index (κ3) is 3.16.